The van der Waals surface area contributed by atoms with Crippen LogP contribution in [0.3, 0.4) is 0 Å². The fraction of sp³-hybridized carbons (Fsp3) is 0.429. The summed E-state index contributed by atoms with van der Waals surface area (Å²) < 4.78 is 32.1. The Morgan fingerprint density at radius 2 is 1.73 bits per heavy atom. The molecule has 2 aliphatic rings. The largest absolute Gasteiger partial charge is 0.493 e. The Labute approximate surface area is 158 Å². The van der Waals surface area contributed by atoms with Crippen molar-refractivity contribution in [2.75, 3.05) is 14.2 Å². The van der Waals surface area contributed by atoms with E-state index in [-0.39, 0.29) is 11.9 Å². The predicted molar refractivity (Wildman–Crippen MR) is 98.9 cm³/mol. The van der Waals surface area contributed by atoms with Crippen LogP contribution in [0.25, 0.3) is 0 Å². The standard InChI is InChI=1S/C21H22ClFO3/c1-24-18-10-13-12-6-3-4-9-17(12)26-21(14(13)11-19(18)25-2)20-15(22)7-5-8-16(20)23/h5,7-8,10-12,17,21H,3-4,6,9H2,1-2H3/t12-,17+,21+/m0/s1. The first-order valence-corrected chi connectivity index (χ1v) is 9.37. The molecule has 138 valence electrons. The molecule has 0 radical (unpaired) electrons. The van der Waals surface area contributed by atoms with Crippen LogP contribution < -0.4 is 9.47 Å². The lowest BCUT2D eigenvalue weighted by Crippen LogP contribution is -2.34. The maximum absolute atomic E-state index is 14.7. The van der Waals surface area contributed by atoms with Gasteiger partial charge in [0, 0.05) is 16.5 Å². The van der Waals surface area contributed by atoms with E-state index in [1.165, 1.54) is 12.5 Å². The number of halogens is 2. The smallest absolute Gasteiger partial charge is 0.161 e. The number of rotatable bonds is 3. The van der Waals surface area contributed by atoms with Crippen LogP contribution in [0.5, 0.6) is 11.5 Å². The second kappa shape index (κ2) is 7.09. The number of ether oxygens (including phenoxy) is 3. The summed E-state index contributed by atoms with van der Waals surface area (Å²) in [6, 6.07) is 8.69. The first-order chi connectivity index (χ1) is 12.6. The fourth-order valence-electron chi connectivity index (χ4n) is 4.31. The van der Waals surface area contributed by atoms with E-state index in [9.17, 15) is 4.39 Å². The van der Waals surface area contributed by atoms with E-state index < -0.39 is 6.10 Å². The van der Waals surface area contributed by atoms with Crippen LogP contribution >= 0.6 is 11.6 Å². The lowest BCUT2D eigenvalue weighted by molar-refractivity contribution is -0.0403. The van der Waals surface area contributed by atoms with Gasteiger partial charge in [-0.15, -0.1) is 0 Å². The normalized spacial score (nSPS) is 24.5. The summed E-state index contributed by atoms with van der Waals surface area (Å²) >= 11 is 6.36. The molecule has 2 aromatic carbocycles. The SMILES string of the molecule is COc1cc2c(cc1OC)[C@@H]1CCCC[C@H]1O[C@H]2c1c(F)cccc1Cl. The zero-order chi connectivity index (χ0) is 18.3. The van der Waals surface area contributed by atoms with E-state index >= 15 is 0 Å². The third kappa shape index (κ3) is 2.85. The molecular weight excluding hydrogens is 355 g/mol. The minimum atomic E-state index is -0.544. The van der Waals surface area contributed by atoms with Crippen LogP contribution in [-0.4, -0.2) is 20.3 Å². The lowest BCUT2D eigenvalue weighted by Gasteiger charge is -2.41. The highest BCUT2D eigenvalue weighted by Gasteiger charge is 2.40. The Balaban J connectivity index is 1.92. The quantitative estimate of drug-likeness (QED) is 0.693. The summed E-state index contributed by atoms with van der Waals surface area (Å²) in [5, 5.41) is 0.380. The van der Waals surface area contributed by atoms with Crippen molar-refractivity contribution in [2.24, 2.45) is 0 Å². The van der Waals surface area contributed by atoms with Gasteiger partial charge in [0.05, 0.1) is 20.3 Å². The molecular formula is C21H22ClFO3. The molecule has 0 aromatic heterocycles. The van der Waals surface area contributed by atoms with Crippen molar-refractivity contribution in [3.05, 3.63) is 57.9 Å². The third-order valence-corrected chi connectivity index (χ3v) is 5.88. The van der Waals surface area contributed by atoms with Crippen LogP contribution in [0.2, 0.25) is 5.02 Å². The summed E-state index contributed by atoms with van der Waals surface area (Å²) in [7, 11) is 3.23. The fourth-order valence-corrected chi connectivity index (χ4v) is 4.57. The van der Waals surface area contributed by atoms with E-state index in [1.54, 1.807) is 26.4 Å². The maximum atomic E-state index is 14.7. The number of benzene rings is 2. The van der Waals surface area contributed by atoms with Crippen molar-refractivity contribution in [1.29, 1.82) is 0 Å². The average Bonchev–Trinajstić information content (AvgIpc) is 2.66. The Morgan fingerprint density at radius 3 is 2.42 bits per heavy atom. The van der Waals surface area contributed by atoms with Gasteiger partial charge in [-0.25, -0.2) is 4.39 Å². The molecule has 26 heavy (non-hydrogen) atoms. The van der Waals surface area contributed by atoms with E-state index in [1.807, 2.05) is 12.1 Å². The molecule has 3 atom stereocenters. The molecule has 2 aromatic rings. The molecule has 0 spiro atoms. The van der Waals surface area contributed by atoms with Crippen molar-refractivity contribution >= 4 is 11.6 Å². The molecule has 0 bridgehead atoms. The highest BCUT2D eigenvalue weighted by atomic mass is 35.5. The zero-order valence-corrected chi connectivity index (χ0v) is 15.7. The minimum Gasteiger partial charge on any atom is -0.493 e. The van der Waals surface area contributed by atoms with Crippen molar-refractivity contribution in [1.82, 2.24) is 0 Å². The van der Waals surface area contributed by atoms with Gasteiger partial charge in [-0.3, -0.25) is 0 Å². The monoisotopic (exact) mass is 376 g/mol. The van der Waals surface area contributed by atoms with Gasteiger partial charge in [-0.1, -0.05) is 30.5 Å². The summed E-state index contributed by atoms with van der Waals surface area (Å²) in [6.07, 6.45) is 3.85. The van der Waals surface area contributed by atoms with E-state index in [0.29, 0.717) is 28.0 Å². The molecule has 1 heterocycles. The maximum Gasteiger partial charge on any atom is 0.161 e. The second-order valence-corrected chi connectivity index (χ2v) is 7.32. The molecule has 1 aliphatic heterocycles. The van der Waals surface area contributed by atoms with Crippen LogP contribution in [0.4, 0.5) is 4.39 Å². The van der Waals surface area contributed by atoms with Crippen LogP contribution in [0.15, 0.2) is 30.3 Å². The van der Waals surface area contributed by atoms with Gasteiger partial charge >= 0.3 is 0 Å². The van der Waals surface area contributed by atoms with Crippen LogP contribution in [-0.2, 0) is 4.74 Å². The molecule has 1 saturated carbocycles. The lowest BCUT2D eigenvalue weighted by atomic mass is 9.75. The van der Waals surface area contributed by atoms with Crippen molar-refractivity contribution in [2.45, 2.75) is 43.8 Å². The first kappa shape index (κ1) is 17.6. The highest BCUT2D eigenvalue weighted by Crippen LogP contribution is 2.50. The van der Waals surface area contributed by atoms with Gasteiger partial charge in [0.2, 0.25) is 0 Å². The predicted octanol–water partition coefficient (Wildman–Crippen LogP) is 5.64. The van der Waals surface area contributed by atoms with Crippen LogP contribution in [0.1, 0.15) is 54.4 Å². The van der Waals surface area contributed by atoms with Gasteiger partial charge in [-0.05, 0) is 48.2 Å². The first-order valence-electron chi connectivity index (χ1n) is 8.99. The topological polar surface area (TPSA) is 27.7 Å². The molecule has 0 unspecified atom stereocenters. The number of hydrogen-bond donors (Lipinski definition) is 0. The van der Waals surface area contributed by atoms with Crippen molar-refractivity contribution in [3.8, 4) is 11.5 Å². The summed E-state index contributed by atoms with van der Waals surface area (Å²) in [6.45, 7) is 0. The van der Waals surface area contributed by atoms with E-state index in [2.05, 4.69) is 0 Å². The molecule has 0 N–H and O–H groups in total. The minimum absolute atomic E-state index is 0.0648. The van der Waals surface area contributed by atoms with Crippen molar-refractivity contribution < 1.29 is 18.6 Å². The molecule has 5 heteroatoms. The Bertz CT molecular complexity index is 803. The number of methoxy groups -OCH3 is 2. The summed E-state index contributed by atoms with van der Waals surface area (Å²) in [5.41, 5.74) is 2.47. The molecule has 0 amide bonds. The zero-order valence-electron chi connectivity index (χ0n) is 14.9. The van der Waals surface area contributed by atoms with Gasteiger partial charge in [0.25, 0.3) is 0 Å². The number of fused-ring (bicyclic) bond motifs is 3. The van der Waals surface area contributed by atoms with Crippen molar-refractivity contribution in [3.63, 3.8) is 0 Å². The van der Waals surface area contributed by atoms with E-state index in [4.69, 9.17) is 25.8 Å². The molecule has 3 nitrogen and oxygen atoms in total. The van der Waals surface area contributed by atoms with E-state index in [0.717, 1.165) is 30.4 Å². The van der Waals surface area contributed by atoms with Gasteiger partial charge in [0.15, 0.2) is 11.5 Å². The molecule has 1 fully saturated rings. The highest BCUT2D eigenvalue weighted by molar-refractivity contribution is 6.31. The van der Waals surface area contributed by atoms with Gasteiger partial charge in [-0.2, -0.15) is 0 Å². The molecule has 0 saturated heterocycles. The molecule has 1 aliphatic carbocycles. The molecule has 4 rings (SSSR count). The average molecular weight is 377 g/mol. The Kier molecular flexibility index (Phi) is 4.80. The Hall–Kier alpha value is -1.78. The van der Waals surface area contributed by atoms with Gasteiger partial charge in [0.1, 0.15) is 11.9 Å². The number of hydrogen-bond acceptors (Lipinski definition) is 3. The third-order valence-electron chi connectivity index (χ3n) is 5.55. The summed E-state index contributed by atoms with van der Waals surface area (Å²) in [5.74, 6) is 1.25. The second-order valence-electron chi connectivity index (χ2n) is 6.92. The van der Waals surface area contributed by atoms with Gasteiger partial charge < -0.3 is 14.2 Å². The summed E-state index contributed by atoms with van der Waals surface area (Å²) in [4.78, 5) is 0. The Morgan fingerprint density at radius 1 is 1.04 bits per heavy atom. The van der Waals surface area contributed by atoms with Crippen LogP contribution in [0, 0.1) is 5.82 Å².